The van der Waals surface area contributed by atoms with Gasteiger partial charge in [0.15, 0.2) is 5.75 Å². The van der Waals surface area contributed by atoms with Crippen LogP contribution in [0.2, 0.25) is 0 Å². The maximum atomic E-state index is 8.45. The summed E-state index contributed by atoms with van der Waals surface area (Å²) >= 11 is 0. The number of fused-ring (bicyclic) bond motifs is 1. The average Bonchev–Trinajstić information content (AvgIpc) is 2.77. The molecule has 2 aromatic rings. The van der Waals surface area contributed by atoms with Crippen LogP contribution in [0, 0.1) is 0 Å². The van der Waals surface area contributed by atoms with Crippen molar-refractivity contribution in [3.63, 3.8) is 0 Å². The van der Waals surface area contributed by atoms with E-state index in [1.54, 1.807) is 0 Å². The third-order valence-electron chi connectivity index (χ3n) is 2.67. The Morgan fingerprint density at radius 2 is 2.16 bits per heavy atom. The van der Waals surface area contributed by atoms with Crippen molar-refractivity contribution in [1.29, 1.82) is 0 Å². The van der Waals surface area contributed by atoms with Gasteiger partial charge in [-0.15, -0.1) is 12.4 Å². The fourth-order valence-corrected chi connectivity index (χ4v) is 1.77. The minimum atomic E-state index is 0. The molecule has 0 aliphatic rings. The number of rotatable bonds is 5. The Hall–Kier alpha value is -1.88. The number of hydrogen-bond acceptors (Lipinski definition) is 4. The molecular weight excluding hydrogens is 268 g/mol. The first-order valence-electron chi connectivity index (χ1n) is 5.85. The number of halogens is 1. The third kappa shape index (κ3) is 3.32. The van der Waals surface area contributed by atoms with Crippen LogP contribution in [0.4, 0.5) is 0 Å². The van der Waals surface area contributed by atoms with E-state index in [1.807, 2.05) is 31.2 Å². The Bertz CT molecular complexity index is 566. The van der Waals surface area contributed by atoms with E-state index in [2.05, 4.69) is 5.16 Å². The molecule has 0 saturated heterocycles. The van der Waals surface area contributed by atoms with Gasteiger partial charge < -0.3 is 20.1 Å². The highest BCUT2D eigenvalue weighted by Crippen LogP contribution is 2.33. The van der Waals surface area contributed by atoms with Gasteiger partial charge in [-0.25, -0.2) is 0 Å². The highest BCUT2D eigenvalue weighted by Gasteiger charge is 2.13. The molecule has 0 saturated carbocycles. The van der Waals surface area contributed by atoms with E-state index < -0.39 is 0 Å². The van der Waals surface area contributed by atoms with Crippen LogP contribution in [-0.2, 0) is 6.42 Å². The number of benzene rings is 1. The first kappa shape index (κ1) is 15.2. The maximum Gasteiger partial charge on any atom is 0.168 e. The predicted octanol–water partition coefficient (Wildman–Crippen LogP) is 2.93. The van der Waals surface area contributed by atoms with E-state index in [-0.39, 0.29) is 18.2 Å². The molecule has 0 spiro atoms. The van der Waals surface area contributed by atoms with Crippen LogP contribution in [0.5, 0.6) is 5.75 Å². The Balaban J connectivity index is 0.00000180. The average molecular weight is 285 g/mol. The number of hydrogen-bond donors (Lipinski definition) is 2. The van der Waals surface area contributed by atoms with E-state index in [0.717, 1.165) is 28.9 Å². The van der Waals surface area contributed by atoms with Crippen LogP contribution in [0.1, 0.15) is 19.1 Å². The molecule has 0 amide bonds. The van der Waals surface area contributed by atoms with Crippen LogP contribution in [0.15, 0.2) is 33.8 Å². The van der Waals surface area contributed by atoms with Crippen molar-refractivity contribution in [1.82, 2.24) is 0 Å². The highest BCUT2D eigenvalue weighted by atomic mass is 35.5. The first-order valence-corrected chi connectivity index (χ1v) is 5.85. The van der Waals surface area contributed by atoms with Crippen LogP contribution in [0.25, 0.3) is 11.0 Å². The third-order valence-corrected chi connectivity index (χ3v) is 2.67. The van der Waals surface area contributed by atoms with Gasteiger partial charge >= 0.3 is 0 Å². The molecule has 19 heavy (non-hydrogen) atoms. The van der Waals surface area contributed by atoms with Crippen LogP contribution in [-0.4, -0.2) is 17.6 Å². The van der Waals surface area contributed by atoms with E-state index in [1.165, 1.54) is 0 Å². The number of furan rings is 1. The first-order chi connectivity index (χ1) is 8.76. The van der Waals surface area contributed by atoms with Crippen molar-refractivity contribution in [3.05, 3.63) is 30.0 Å². The van der Waals surface area contributed by atoms with Crippen molar-refractivity contribution >= 4 is 29.2 Å². The van der Waals surface area contributed by atoms with Gasteiger partial charge in [-0.2, -0.15) is 0 Å². The summed E-state index contributed by atoms with van der Waals surface area (Å²) in [6.45, 7) is 2.36. The molecule has 0 unspecified atom stereocenters. The summed E-state index contributed by atoms with van der Waals surface area (Å²) in [6.07, 6.45) is 1.13. The molecule has 0 atom stereocenters. The van der Waals surface area contributed by atoms with Crippen LogP contribution >= 0.6 is 12.4 Å². The van der Waals surface area contributed by atoms with Gasteiger partial charge in [0.25, 0.3) is 0 Å². The molecule has 5 nitrogen and oxygen atoms in total. The summed E-state index contributed by atoms with van der Waals surface area (Å²) in [7, 11) is 0. The quantitative estimate of drug-likeness (QED) is 0.383. The molecule has 104 valence electrons. The van der Waals surface area contributed by atoms with Crippen molar-refractivity contribution < 1.29 is 14.4 Å². The second-order valence-corrected chi connectivity index (χ2v) is 3.89. The zero-order valence-electron chi connectivity index (χ0n) is 10.6. The molecule has 0 bridgehead atoms. The summed E-state index contributed by atoms with van der Waals surface area (Å²) in [5.74, 6) is 1.72. The number of oxime groups is 1. The minimum Gasteiger partial charge on any atom is -0.489 e. The lowest BCUT2D eigenvalue weighted by Gasteiger charge is -2.05. The Labute approximate surface area is 117 Å². The van der Waals surface area contributed by atoms with E-state index in [4.69, 9.17) is 20.1 Å². The number of ether oxygens (including phenoxy) is 1. The summed E-state index contributed by atoms with van der Waals surface area (Å²) < 4.78 is 11.4. The van der Waals surface area contributed by atoms with Gasteiger partial charge in [-0.05, 0) is 12.1 Å². The van der Waals surface area contributed by atoms with Crippen molar-refractivity contribution in [2.45, 2.75) is 19.8 Å². The highest BCUT2D eigenvalue weighted by molar-refractivity contribution is 5.86. The Kier molecular flexibility index (Phi) is 5.51. The Morgan fingerprint density at radius 1 is 1.42 bits per heavy atom. The molecule has 2 rings (SSSR count). The normalized spacial score (nSPS) is 11.3. The molecule has 6 heteroatoms. The fourth-order valence-electron chi connectivity index (χ4n) is 1.77. The molecule has 1 aromatic carbocycles. The monoisotopic (exact) mass is 284 g/mol. The van der Waals surface area contributed by atoms with Gasteiger partial charge in [-0.1, -0.05) is 24.2 Å². The molecule has 1 heterocycles. The van der Waals surface area contributed by atoms with E-state index in [9.17, 15) is 0 Å². The fraction of sp³-hybridized carbons (Fsp3) is 0.308. The molecule has 1 aromatic heterocycles. The summed E-state index contributed by atoms with van der Waals surface area (Å²) in [6, 6.07) is 7.72. The molecular formula is C13H17ClN2O3. The SMILES string of the molecule is CCc1oc2ccccc2c1OCCC(N)=NO.Cl. The van der Waals surface area contributed by atoms with Gasteiger partial charge in [0.05, 0.1) is 12.0 Å². The van der Waals surface area contributed by atoms with Gasteiger partial charge in [0.2, 0.25) is 0 Å². The zero-order chi connectivity index (χ0) is 13.0. The van der Waals surface area contributed by atoms with Crippen LogP contribution < -0.4 is 10.5 Å². The smallest absolute Gasteiger partial charge is 0.168 e. The second-order valence-electron chi connectivity index (χ2n) is 3.89. The number of para-hydroxylation sites is 1. The van der Waals surface area contributed by atoms with Crippen molar-refractivity contribution in [2.75, 3.05) is 6.61 Å². The van der Waals surface area contributed by atoms with E-state index in [0.29, 0.717) is 13.0 Å². The summed E-state index contributed by atoms with van der Waals surface area (Å²) in [4.78, 5) is 0. The van der Waals surface area contributed by atoms with E-state index >= 15 is 0 Å². The lowest BCUT2D eigenvalue weighted by molar-refractivity contribution is 0.303. The number of nitrogens with zero attached hydrogens (tertiary/aromatic N) is 1. The maximum absolute atomic E-state index is 8.45. The van der Waals surface area contributed by atoms with Crippen molar-refractivity contribution in [3.8, 4) is 5.75 Å². The lowest BCUT2D eigenvalue weighted by atomic mass is 10.2. The molecule has 0 aliphatic carbocycles. The topological polar surface area (TPSA) is 81.0 Å². The summed E-state index contributed by atoms with van der Waals surface area (Å²) in [5.41, 5.74) is 6.21. The van der Waals surface area contributed by atoms with Gasteiger partial charge in [-0.3, -0.25) is 0 Å². The Morgan fingerprint density at radius 3 is 2.84 bits per heavy atom. The van der Waals surface area contributed by atoms with Gasteiger partial charge in [0.1, 0.15) is 17.2 Å². The zero-order valence-corrected chi connectivity index (χ0v) is 11.4. The number of aryl methyl sites for hydroxylation is 1. The minimum absolute atomic E-state index is 0. The van der Waals surface area contributed by atoms with Crippen LogP contribution in [0.3, 0.4) is 0 Å². The van der Waals surface area contributed by atoms with Crippen molar-refractivity contribution in [2.24, 2.45) is 10.9 Å². The summed E-state index contributed by atoms with van der Waals surface area (Å²) in [5, 5.41) is 12.3. The second kappa shape index (κ2) is 6.89. The standard InChI is InChI=1S/C13H16N2O3.ClH/c1-2-10-13(17-8-7-12(14)15-16)9-5-3-4-6-11(9)18-10;/h3-6,16H,2,7-8H2,1H3,(H2,14,15);1H. The molecule has 0 aliphatic heterocycles. The number of nitrogens with two attached hydrogens (primary N) is 1. The number of amidine groups is 1. The lowest BCUT2D eigenvalue weighted by Crippen LogP contribution is -2.15. The molecule has 0 radical (unpaired) electrons. The molecule has 3 N–H and O–H groups in total. The van der Waals surface area contributed by atoms with Gasteiger partial charge in [0, 0.05) is 12.8 Å². The largest absolute Gasteiger partial charge is 0.489 e. The molecule has 0 fully saturated rings. The predicted molar refractivity (Wildman–Crippen MR) is 76.4 cm³/mol.